The third-order valence-electron chi connectivity index (χ3n) is 2.22. The number of rotatable bonds is 3. The first-order valence-corrected chi connectivity index (χ1v) is 6.24. The molecule has 4 nitrogen and oxygen atoms in total. The van der Waals surface area contributed by atoms with Crippen LogP contribution in [0.5, 0.6) is 0 Å². The molecule has 1 fully saturated rings. The minimum Gasteiger partial charge on any atom is -0.274 e. The Bertz CT molecular complexity index is 301. The van der Waals surface area contributed by atoms with E-state index in [0.717, 1.165) is 10.7 Å². The molecule has 1 unspecified atom stereocenters. The zero-order valence-corrected chi connectivity index (χ0v) is 8.94. The number of alkyl halides is 1. The van der Waals surface area contributed by atoms with Crippen LogP contribution in [-0.2, 0) is 14.8 Å². The molecular formula is C7H12ClNO3S. The summed E-state index contributed by atoms with van der Waals surface area (Å²) in [6.45, 7) is 2.24. The van der Waals surface area contributed by atoms with Crippen LogP contribution in [0.4, 0.5) is 0 Å². The molecule has 0 aromatic heterocycles. The lowest BCUT2D eigenvalue weighted by molar-refractivity contribution is -0.123. The van der Waals surface area contributed by atoms with E-state index in [0.29, 0.717) is 13.0 Å². The first-order valence-electron chi connectivity index (χ1n) is 4.10. The van der Waals surface area contributed by atoms with Gasteiger partial charge >= 0.3 is 0 Å². The zero-order valence-electron chi connectivity index (χ0n) is 7.36. The maximum absolute atomic E-state index is 11.2. The number of sulfonamides is 1. The number of halogens is 1. The maximum Gasteiger partial charge on any atom is 0.251 e. The topological polar surface area (TPSA) is 54.5 Å². The molecule has 0 aromatic carbocycles. The fourth-order valence-corrected chi connectivity index (χ4v) is 2.64. The lowest BCUT2D eigenvalue weighted by atomic mass is 10.1. The van der Waals surface area contributed by atoms with Crippen LogP contribution in [0, 0.1) is 5.92 Å². The molecule has 1 aliphatic heterocycles. The lowest BCUT2D eigenvalue weighted by Gasteiger charge is -2.14. The molecule has 0 spiro atoms. The normalized spacial score (nSPS) is 24.0. The van der Waals surface area contributed by atoms with Crippen molar-refractivity contribution < 1.29 is 13.2 Å². The first kappa shape index (κ1) is 10.8. The van der Waals surface area contributed by atoms with Crippen molar-refractivity contribution >= 4 is 27.5 Å². The molecule has 0 saturated carbocycles. The summed E-state index contributed by atoms with van der Waals surface area (Å²) in [6, 6.07) is 0. The predicted octanol–water partition coefficient (Wildman–Crippen LogP) is 0.771. The van der Waals surface area contributed by atoms with Crippen LogP contribution in [0.15, 0.2) is 0 Å². The molecule has 1 saturated heterocycles. The SMILES string of the molecule is CCC1CC(=O)N(S(=O)(=O)CCl)C1. The van der Waals surface area contributed by atoms with Crippen molar-refractivity contribution in [3.8, 4) is 0 Å². The summed E-state index contributed by atoms with van der Waals surface area (Å²) in [5.74, 6) is -0.169. The van der Waals surface area contributed by atoms with Crippen molar-refractivity contribution in [1.29, 1.82) is 0 Å². The van der Waals surface area contributed by atoms with Crippen LogP contribution in [-0.4, -0.2) is 30.4 Å². The Morgan fingerprint density at radius 2 is 2.23 bits per heavy atom. The Morgan fingerprint density at radius 3 is 2.62 bits per heavy atom. The average Bonchev–Trinajstić information content (AvgIpc) is 2.47. The van der Waals surface area contributed by atoms with E-state index in [1.54, 1.807) is 0 Å². The molecule has 1 aliphatic rings. The highest BCUT2D eigenvalue weighted by Crippen LogP contribution is 2.23. The fourth-order valence-electron chi connectivity index (χ4n) is 1.35. The molecular weight excluding hydrogens is 214 g/mol. The van der Waals surface area contributed by atoms with Crippen molar-refractivity contribution in [2.75, 3.05) is 11.8 Å². The highest BCUT2D eigenvalue weighted by Gasteiger charge is 2.35. The molecule has 0 aliphatic carbocycles. The molecule has 13 heavy (non-hydrogen) atoms. The maximum atomic E-state index is 11.2. The minimum absolute atomic E-state index is 0.158. The van der Waals surface area contributed by atoms with Gasteiger partial charge in [-0.05, 0) is 5.92 Å². The van der Waals surface area contributed by atoms with Gasteiger partial charge in [0.05, 0.1) is 0 Å². The van der Waals surface area contributed by atoms with E-state index in [9.17, 15) is 13.2 Å². The molecule has 6 heteroatoms. The number of hydrogen-bond donors (Lipinski definition) is 0. The molecule has 1 heterocycles. The van der Waals surface area contributed by atoms with Gasteiger partial charge in [-0.2, -0.15) is 0 Å². The predicted molar refractivity (Wildman–Crippen MR) is 49.8 cm³/mol. The molecule has 0 aromatic rings. The molecule has 76 valence electrons. The first-order chi connectivity index (χ1) is 6.01. The van der Waals surface area contributed by atoms with Gasteiger partial charge < -0.3 is 0 Å². The van der Waals surface area contributed by atoms with Gasteiger partial charge in [-0.15, -0.1) is 11.6 Å². The van der Waals surface area contributed by atoms with E-state index in [-0.39, 0.29) is 11.8 Å². The van der Waals surface area contributed by atoms with Crippen LogP contribution < -0.4 is 0 Å². The minimum atomic E-state index is -3.54. The fraction of sp³-hybridized carbons (Fsp3) is 0.857. The van der Waals surface area contributed by atoms with Crippen LogP contribution in [0.2, 0.25) is 0 Å². The highest BCUT2D eigenvalue weighted by atomic mass is 35.5. The summed E-state index contributed by atoms with van der Waals surface area (Å²) in [7, 11) is -3.54. The van der Waals surface area contributed by atoms with Gasteiger partial charge in [-0.3, -0.25) is 4.79 Å². The molecule has 0 radical (unpaired) electrons. The number of nitrogens with zero attached hydrogens (tertiary/aromatic N) is 1. The third-order valence-corrected chi connectivity index (χ3v) is 4.34. The van der Waals surface area contributed by atoms with Crippen molar-refractivity contribution in [1.82, 2.24) is 4.31 Å². The van der Waals surface area contributed by atoms with Crippen LogP contribution >= 0.6 is 11.6 Å². The van der Waals surface area contributed by atoms with E-state index in [4.69, 9.17) is 11.6 Å². The van der Waals surface area contributed by atoms with Crippen molar-refractivity contribution in [2.24, 2.45) is 5.92 Å². The molecule has 1 atom stereocenters. The largest absolute Gasteiger partial charge is 0.274 e. The van der Waals surface area contributed by atoms with Gasteiger partial charge in [0.1, 0.15) is 5.21 Å². The second-order valence-corrected chi connectivity index (χ2v) is 5.60. The highest BCUT2D eigenvalue weighted by molar-refractivity contribution is 7.90. The van der Waals surface area contributed by atoms with E-state index < -0.39 is 15.2 Å². The van der Waals surface area contributed by atoms with Crippen LogP contribution in [0.3, 0.4) is 0 Å². The van der Waals surface area contributed by atoms with Crippen LogP contribution in [0.1, 0.15) is 19.8 Å². The van der Waals surface area contributed by atoms with Gasteiger partial charge in [0.2, 0.25) is 5.91 Å². The number of carbonyl (C=O) groups is 1. The van der Waals surface area contributed by atoms with Gasteiger partial charge in [0.25, 0.3) is 10.0 Å². The van der Waals surface area contributed by atoms with Gasteiger partial charge in [0.15, 0.2) is 0 Å². The Labute approximate surface area is 82.9 Å². The average molecular weight is 226 g/mol. The van der Waals surface area contributed by atoms with Crippen molar-refractivity contribution in [3.05, 3.63) is 0 Å². The smallest absolute Gasteiger partial charge is 0.251 e. The van der Waals surface area contributed by atoms with E-state index in [1.165, 1.54) is 0 Å². The molecule has 1 amide bonds. The quantitative estimate of drug-likeness (QED) is 0.667. The van der Waals surface area contributed by atoms with Gasteiger partial charge in [0, 0.05) is 13.0 Å². The Balaban J connectivity index is 2.79. The summed E-state index contributed by atoms with van der Waals surface area (Å²) in [5.41, 5.74) is 0. The monoisotopic (exact) mass is 225 g/mol. The standard InChI is InChI=1S/C7H12ClNO3S/c1-2-6-3-7(10)9(4-6)13(11,12)5-8/h6H,2-5H2,1H3. The Morgan fingerprint density at radius 1 is 1.62 bits per heavy atom. The van der Waals surface area contributed by atoms with Crippen molar-refractivity contribution in [3.63, 3.8) is 0 Å². The van der Waals surface area contributed by atoms with Gasteiger partial charge in [-0.1, -0.05) is 13.3 Å². The van der Waals surface area contributed by atoms with Gasteiger partial charge in [-0.25, -0.2) is 12.7 Å². The second kappa shape index (κ2) is 3.84. The Hall–Kier alpha value is -0.290. The van der Waals surface area contributed by atoms with Crippen LogP contribution in [0.25, 0.3) is 0 Å². The number of amides is 1. The summed E-state index contributed by atoms with van der Waals surface area (Å²) in [5, 5.41) is -0.519. The van der Waals surface area contributed by atoms with E-state index in [1.807, 2.05) is 6.92 Å². The third kappa shape index (κ3) is 2.14. The number of carbonyl (C=O) groups excluding carboxylic acids is 1. The summed E-state index contributed by atoms with van der Waals surface area (Å²) in [6.07, 6.45) is 1.15. The van der Waals surface area contributed by atoms with E-state index in [2.05, 4.69) is 0 Å². The molecule has 0 N–H and O–H groups in total. The molecule has 1 rings (SSSR count). The summed E-state index contributed by atoms with van der Waals surface area (Å²) < 4.78 is 23.4. The number of hydrogen-bond acceptors (Lipinski definition) is 3. The Kier molecular flexibility index (Phi) is 3.18. The molecule has 0 bridgehead atoms. The summed E-state index contributed by atoms with van der Waals surface area (Å²) >= 11 is 5.25. The second-order valence-electron chi connectivity index (χ2n) is 3.12. The lowest BCUT2D eigenvalue weighted by Crippen LogP contribution is -2.33. The van der Waals surface area contributed by atoms with E-state index >= 15 is 0 Å². The zero-order chi connectivity index (χ0) is 10.1. The van der Waals surface area contributed by atoms with Crippen molar-refractivity contribution in [2.45, 2.75) is 19.8 Å². The summed E-state index contributed by atoms with van der Waals surface area (Å²) in [4.78, 5) is 11.2.